The second-order valence-corrected chi connectivity index (χ2v) is 10.7. The van der Waals surface area contributed by atoms with Crippen molar-refractivity contribution in [1.82, 2.24) is 4.98 Å². The number of aromatic nitrogens is 1. The first-order valence-corrected chi connectivity index (χ1v) is 12.4. The minimum atomic E-state index is -4.66. The molecule has 186 valence electrons. The first-order valence-electron chi connectivity index (χ1n) is 10.1. The van der Waals surface area contributed by atoms with Crippen molar-refractivity contribution in [2.45, 2.75) is 37.4 Å². The highest BCUT2D eigenvalue weighted by Crippen LogP contribution is 2.32. The summed E-state index contributed by atoms with van der Waals surface area (Å²) in [7, 11) is -2.97. The third-order valence-electron chi connectivity index (χ3n) is 4.77. The van der Waals surface area contributed by atoms with Crippen LogP contribution < -0.4 is 4.72 Å². The molecule has 0 saturated heterocycles. The van der Waals surface area contributed by atoms with Gasteiger partial charge >= 0.3 is 12.1 Å². The van der Waals surface area contributed by atoms with Gasteiger partial charge in [0.05, 0.1) is 38.5 Å². The Morgan fingerprint density at radius 3 is 2.54 bits per heavy atom. The van der Waals surface area contributed by atoms with E-state index in [-0.39, 0.29) is 22.8 Å². The van der Waals surface area contributed by atoms with Crippen molar-refractivity contribution in [3.05, 3.63) is 52.5 Å². The van der Waals surface area contributed by atoms with Crippen molar-refractivity contribution in [1.29, 1.82) is 0 Å². The lowest BCUT2D eigenvalue weighted by atomic mass is 10.1. The summed E-state index contributed by atoms with van der Waals surface area (Å²) in [6.07, 6.45) is -4.66. The lowest BCUT2D eigenvalue weighted by Gasteiger charge is -2.20. The highest BCUT2D eigenvalue weighted by atomic mass is 32.2. The second kappa shape index (κ2) is 9.85. The average Bonchev–Trinajstić information content (AvgIpc) is 3.15. The van der Waals surface area contributed by atoms with Crippen LogP contribution in [0.5, 0.6) is 0 Å². The maximum absolute atomic E-state index is 13.3. The van der Waals surface area contributed by atoms with E-state index >= 15 is 0 Å². The molecule has 0 radical (unpaired) electrons. The minimum Gasteiger partial charge on any atom is -0.467 e. The first-order chi connectivity index (χ1) is 16.2. The number of carbonyl (C=O) groups is 1. The summed E-state index contributed by atoms with van der Waals surface area (Å²) in [6, 6.07) is 6.88. The van der Waals surface area contributed by atoms with Gasteiger partial charge in [-0.25, -0.2) is 18.2 Å². The van der Waals surface area contributed by atoms with Crippen LogP contribution in [0.3, 0.4) is 0 Å². The molecule has 3 rings (SSSR count). The number of aryl methyl sites for hydroxylation is 1. The van der Waals surface area contributed by atoms with Gasteiger partial charge in [0.15, 0.2) is 5.60 Å². The molecule has 2 aromatic carbocycles. The van der Waals surface area contributed by atoms with E-state index < -0.39 is 33.3 Å². The zero-order chi connectivity index (χ0) is 26.0. The molecule has 1 aromatic heterocycles. The van der Waals surface area contributed by atoms with Gasteiger partial charge in [0.25, 0.3) is 10.0 Å². The maximum Gasteiger partial charge on any atom is 0.416 e. The third-order valence-corrected chi connectivity index (χ3v) is 7.09. The lowest BCUT2D eigenvalue weighted by Crippen LogP contribution is -2.36. The SMILES string of the molecule is COC(=O)C(C)(C)OCC#Cc1cc(C(F)(F)F)ccc1NS(=O)(=O)c1ccc2sc(C)nc2c1. The van der Waals surface area contributed by atoms with E-state index in [1.165, 1.54) is 44.4 Å². The number of hydrogen-bond donors (Lipinski definition) is 1. The number of fused-ring (bicyclic) bond motifs is 1. The molecule has 0 bridgehead atoms. The molecule has 0 aliphatic heterocycles. The Morgan fingerprint density at radius 2 is 1.89 bits per heavy atom. The van der Waals surface area contributed by atoms with Crippen LogP contribution in [0.25, 0.3) is 10.2 Å². The van der Waals surface area contributed by atoms with Crippen molar-refractivity contribution in [2.75, 3.05) is 18.4 Å². The fourth-order valence-electron chi connectivity index (χ4n) is 2.96. The summed E-state index contributed by atoms with van der Waals surface area (Å²) in [5, 5.41) is 0.764. The zero-order valence-electron chi connectivity index (χ0n) is 19.1. The van der Waals surface area contributed by atoms with Gasteiger partial charge in [-0.3, -0.25) is 4.72 Å². The number of ether oxygens (including phenoxy) is 2. The molecule has 0 aliphatic carbocycles. The summed E-state index contributed by atoms with van der Waals surface area (Å²) in [4.78, 5) is 15.9. The molecule has 0 aliphatic rings. The van der Waals surface area contributed by atoms with Crippen molar-refractivity contribution >= 4 is 43.2 Å². The number of esters is 1. The molecule has 0 spiro atoms. The molecule has 0 unspecified atom stereocenters. The van der Waals surface area contributed by atoms with Crippen LogP contribution in [0, 0.1) is 18.8 Å². The number of anilines is 1. The summed E-state index contributed by atoms with van der Waals surface area (Å²) in [6.45, 7) is 4.38. The topological polar surface area (TPSA) is 94.6 Å². The van der Waals surface area contributed by atoms with Crippen LogP contribution in [-0.4, -0.2) is 38.7 Å². The van der Waals surface area contributed by atoms with Gasteiger partial charge in [-0.05, 0) is 57.2 Å². The monoisotopic (exact) mass is 526 g/mol. The molecule has 0 amide bonds. The third kappa shape index (κ3) is 6.30. The molecular weight excluding hydrogens is 505 g/mol. The predicted octanol–water partition coefficient (Wildman–Crippen LogP) is 4.74. The Hall–Kier alpha value is -3.14. The van der Waals surface area contributed by atoms with Crippen LogP contribution in [-0.2, 0) is 30.5 Å². The van der Waals surface area contributed by atoms with E-state index in [1.807, 2.05) is 0 Å². The first kappa shape index (κ1) is 26.5. The molecule has 0 saturated carbocycles. The summed E-state index contributed by atoms with van der Waals surface area (Å²) in [5.74, 6) is 4.36. The summed E-state index contributed by atoms with van der Waals surface area (Å²) < 4.78 is 78.8. The molecule has 12 heteroatoms. The number of carbonyl (C=O) groups excluding carboxylic acids is 1. The van der Waals surface area contributed by atoms with Gasteiger partial charge < -0.3 is 9.47 Å². The van der Waals surface area contributed by atoms with E-state index in [2.05, 4.69) is 26.3 Å². The standard InChI is InChI=1S/C23H21F3N2O5S2/c1-14-27-19-13-17(8-10-20(19)34-14)35(30,31)28-18-9-7-16(23(24,25)26)12-15(18)6-5-11-33-22(2,3)21(29)32-4/h7-10,12-13,28H,11H2,1-4H3. The molecule has 0 atom stereocenters. The Morgan fingerprint density at radius 1 is 1.17 bits per heavy atom. The number of thiazole rings is 1. The Balaban J connectivity index is 1.93. The van der Waals surface area contributed by atoms with Gasteiger partial charge in [-0.2, -0.15) is 13.2 Å². The van der Waals surface area contributed by atoms with Gasteiger partial charge in [0.2, 0.25) is 0 Å². The van der Waals surface area contributed by atoms with Gasteiger partial charge in [0.1, 0.15) is 6.61 Å². The normalized spacial score (nSPS) is 12.2. The Kier molecular flexibility index (Phi) is 7.45. The number of alkyl halides is 3. The molecule has 3 aromatic rings. The maximum atomic E-state index is 13.3. The molecule has 1 heterocycles. The summed E-state index contributed by atoms with van der Waals surface area (Å²) in [5.41, 5.74) is -2.19. The van der Waals surface area contributed by atoms with E-state index in [0.717, 1.165) is 27.9 Å². The van der Waals surface area contributed by atoms with Crippen LogP contribution in [0.4, 0.5) is 18.9 Å². The Bertz CT molecular complexity index is 1430. The molecule has 35 heavy (non-hydrogen) atoms. The van der Waals surface area contributed by atoms with Crippen LogP contribution >= 0.6 is 11.3 Å². The number of methoxy groups -OCH3 is 1. The van der Waals surface area contributed by atoms with Gasteiger partial charge in [0, 0.05) is 5.56 Å². The van der Waals surface area contributed by atoms with Crippen LogP contribution in [0.15, 0.2) is 41.3 Å². The van der Waals surface area contributed by atoms with Crippen molar-refractivity contribution in [2.24, 2.45) is 0 Å². The second-order valence-electron chi connectivity index (χ2n) is 7.82. The van der Waals surface area contributed by atoms with Crippen molar-refractivity contribution in [3.8, 4) is 11.8 Å². The fourth-order valence-corrected chi connectivity index (χ4v) is 4.87. The lowest BCUT2D eigenvalue weighted by molar-refractivity contribution is -0.163. The average molecular weight is 527 g/mol. The number of nitrogens with one attached hydrogen (secondary N) is 1. The number of benzene rings is 2. The van der Waals surface area contributed by atoms with E-state index in [9.17, 15) is 26.4 Å². The quantitative estimate of drug-likeness (QED) is 0.368. The van der Waals surface area contributed by atoms with Gasteiger partial charge in [-0.1, -0.05) is 11.8 Å². The van der Waals surface area contributed by atoms with E-state index in [0.29, 0.717) is 5.52 Å². The van der Waals surface area contributed by atoms with E-state index in [1.54, 1.807) is 13.0 Å². The largest absolute Gasteiger partial charge is 0.467 e. The fraction of sp³-hybridized carbons (Fsp3) is 0.304. The predicted molar refractivity (Wildman–Crippen MR) is 126 cm³/mol. The smallest absolute Gasteiger partial charge is 0.416 e. The van der Waals surface area contributed by atoms with Crippen molar-refractivity contribution < 1.29 is 35.9 Å². The van der Waals surface area contributed by atoms with Gasteiger partial charge in [-0.15, -0.1) is 11.3 Å². The minimum absolute atomic E-state index is 0.0998. The molecule has 1 N–H and O–H groups in total. The number of hydrogen-bond acceptors (Lipinski definition) is 7. The Labute approximate surface area is 204 Å². The van der Waals surface area contributed by atoms with Crippen LogP contribution in [0.2, 0.25) is 0 Å². The highest BCUT2D eigenvalue weighted by Gasteiger charge is 2.31. The number of sulfonamides is 1. The summed E-state index contributed by atoms with van der Waals surface area (Å²) >= 11 is 1.41. The molecule has 7 nitrogen and oxygen atoms in total. The van der Waals surface area contributed by atoms with Crippen LogP contribution in [0.1, 0.15) is 30.0 Å². The van der Waals surface area contributed by atoms with Crippen molar-refractivity contribution in [3.63, 3.8) is 0 Å². The number of rotatable bonds is 6. The van der Waals surface area contributed by atoms with E-state index in [4.69, 9.17) is 4.74 Å². The highest BCUT2D eigenvalue weighted by molar-refractivity contribution is 7.92. The number of nitrogens with zero attached hydrogens (tertiary/aromatic N) is 1. The zero-order valence-corrected chi connectivity index (χ0v) is 20.7. The number of halogens is 3. The molecule has 0 fully saturated rings. The molecular formula is C23H21F3N2O5S2.